The van der Waals surface area contributed by atoms with Gasteiger partial charge in [-0.3, -0.25) is 0 Å². The van der Waals surface area contributed by atoms with Gasteiger partial charge in [-0.25, -0.2) is 0 Å². The SMILES string of the molecule is COCCN(C)CCOc1ccc(CC#N)cc1. The highest BCUT2D eigenvalue weighted by Gasteiger charge is 1.99. The van der Waals surface area contributed by atoms with Crippen molar-refractivity contribution in [3.05, 3.63) is 29.8 Å². The fourth-order valence-corrected chi connectivity index (χ4v) is 1.47. The molecule has 0 bridgehead atoms. The first-order valence-corrected chi connectivity index (χ1v) is 6.02. The van der Waals surface area contributed by atoms with Crippen molar-refractivity contribution in [1.82, 2.24) is 4.90 Å². The maximum atomic E-state index is 8.57. The minimum Gasteiger partial charge on any atom is -0.492 e. The van der Waals surface area contributed by atoms with Gasteiger partial charge in [0.05, 0.1) is 19.1 Å². The van der Waals surface area contributed by atoms with Gasteiger partial charge in [-0.2, -0.15) is 5.26 Å². The highest BCUT2D eigenvalue weighted by atomic mass is 16.5. The van der Waals surface area contributed by atoms with Crippen LogP contribution in [0.3, 0.4) is 0 Å². The van der Waals surface area contributed by atoms with E-state index in [-0.39, 0.29) is 0 Å². The third-order valence-corrected chi connectivity index (χ3v) is 2.63. The molecule has 4 heteroatoms. The lowest BCUT2D eigenvalue weighted by Crippen LogP contribution is -2.27. The average molecular weight is 248 g/mol. The van der Waals surface area contributed by atoms with E-state index >= 15 is 0 Å². The molecule has 98 valence electrons. The van der Waals surface area contributed by atoms with Crippen LogP contribution in [0, 0.1) is 11.3 Å². The number of ether oxygens (including phenoxy) is 2. The second kappa shape index (κ2) is 8.51. The Morgan fingerprint density at radius 3 is 2.44 bits per heavy atom. The van der Waals surface area contributed by atoms with Crippen LogP contribution < -0.4 is 4.74 Å². The molecule has 0 spiro atoms. The number of methoxy groups -OCH3 is 1. The van der Waals surface area contributed by atoms with E-state index in [1.54, 1.807) is 7.11 Å². The predicted molar refractivity (Wildman–Crippen MR) is 70.6 cm³/mol. The van der Waals surface area contributed by atoms with Crippen LogP contribution in [0.15, 0.2) is 24.3 Å². The topological polar surface area (TPSA) is 45.5 Å². The molecule has 0 saturated heterocycles. The van der Waals surface area contributed by atoms with Crippen LogP contribution in [-0.4, -0.2) is 45.4 Å². The van der Waals surface area contributed by atoms with Crippen LogP contribution in [0.1, 0.15) is 5.56 Å². The van der Waals surface area contributed by atoms with Gasteiger partial charge in [-0.05, 0) is 24.7 Å². The van der Waals surface area contributed by atoms with E-state index in [1.165, 1.54) is 0 Å². The zero-order valence-corrected chi connectivity index (χ0v) is 11.1. The van der Waals surface area contributed by atoms with Crippen molar-refractivity contribution in [2.24, 2.45) is 0 Å². The van der Waals surface area contributed by atoms with E-state index in [9.17, 15) is 0 Å². The van der Waals surface area contributed by atoms with Gasteiger partial charge in [0.1, 0.15) is 12.4 Å². The van der Waals surface area contributed by atoms with Crippen LogP contribution in [0.25, 0.3) is 0 Å². The van der Waals surface area contributed by atoms with Gasteiger partial charge >= 0.3 is 0 Å². The smallest absolute Gasteiger partial charge is 0.119 e. The quantitative estimate of drug-likeness (QED) is 0.702. The Morgan fingerprint density at radius 1 is 1.17 bits per heavy atom. The van der Waals surface area contributed by atoms with Gasteiger partial charge in [0.2, 0.25) is 0 Å². The van der Waals surface area contributed by atoms with Gasteiger partial charge in [0.25, 0.3) is 0 Å². The molecule has 0 aliphatic heterocycles. The van der Waals surface area contributed by atoms with Crippen molar-refractivity contribution in [2.45, 2.75) is 6.42 Å². The molecule has 1 aromatic carbocycles. The molecule has 0 saturated carbocycles. The molecular weight excluding hydrogens is 228 g/mol. The lowest BCUT2D eigenvalue weighted by Gasteiger charge is -2.16. The summed E-state index contributed by atoms with van der Waals surface area (Å²) in [5, 5.41) is 8.57. The summed E-state index contributed by atoms with van der Waals surface area (Å²) < 4.78 is 10.6. The van der Waals surface area contributed by atoms with E-state index in [4.69, 9.17) is 14.7 Å². The highest BCUT2D eigenvalue weighted by Crippen LogP contribution is 2.12. The number of nitriles is 1. The highest BCUT2D eigenvalue weighted by molar-refractivity contribution is 5.28. The van der Waals surface area contributed by atoms with Gasteiger partial charge in [0.15, 0.2) is 0 Å². The summed E-state index contributed by atoms with van der Waals surface area (Å²) in [5.74, 6) is 0.844. The maximum Gasteiger partial charge on any atom is 0.119 e. The molecule has 18 heavy (non-hydrogen) atoms. The van der Waals surface area contributed by atoms with Crippen LogP contribution >= 0.6 is 0 Å². The molecule has 0 atom stereocenters. The number of hydrogen-bond acceptors (Lipinski definition) is 4. The average Bonchev–Trinajstić information content (AvgIpc) is 2.39. The fourth-order valence-electron chi connectivity index (χ4n) is 1.47. The molecule has 0 aliphatic carbocycles. The van der Waals surface area contributed by atoms with E-state index in [0.717, 1.165) is 31.0 Å². The summed E-state index contributed by atoms with van der Waals surface area (Å²) in [7, 11) is 3.74. The Bertz CT molecular complexity index is 370. The minimum atomic E-state index is 0.444. The first kappa shape index (κ1) is 14.5. The summed E-state index contributed by atoms with van der Waals surface area (Å²) in [5.41, 5.74) is 1.02. The molecule has 0 fully saturated rings. The number of hydrogen-bond donors (Lipinski definition) is 0. The van der Waals surface area contributed by atoms with Crippen LogP contribution in [0.5, 0.6) is 5.75 Å². The van der Waals surface area contributed by atoms with E-state index in [1.807, 2.05) is 31.3 Å². The Hall–Kier alpha value is -1.57. The minimum absolute atomic E-state index is 0.444. The van der Waals surface area contributed by atoms with E-state index in [0.29, 0.717) is 13.0 Å². The lowest BCUT2D eigenvalue weighted by molar-refractivity contribution is 0.150. The Balaban J connectivity index is 2.25. The second-order valence-corrected chi connectivity index (χ2v) is 4.12. The van der Waals surface area contributed by atoms with Crippen molar-refractivity contribution in [3.8, 4) is 11.8 Å². The van der Waals surface area contributed by atoms with Gasteiger partial charge in [0, 0.05) is 20.2 Å². The molecule has 0 amide bonds. The zero-order chi connectivity index (χ0) is 13.2. The van der Waals surface area contributed by atoms with E-state index < -0.39 is 0 Å². The van der Waals surface area contributed by atoms with Crippen LogP contribution in [-0.2, 0) is 11.2 Å². The molecule has 0 N–H and O–H groups in total. The standard InChI is InChI=1S/C14H20N2O2/c1-16(9-11-17-2)10-12-18-14-5-3-13(4-6-14)7-8-15/h3-6H,7,9-12H2,1-2H3. The molecular formula is C14H20N2O2. The summed E-state index contributed by atoms with van der Waals surface area (Å²) in [6.45, 7) is 3.15. The Morgan fingerprint density at radius 2 is 1.83 bits per heavy atom. The lowest BCUT2D eigenvalue weighted by atomic mass is 10.2. The van der Waals surface area contributed by atoms with Crippen molar-refractivity contribution >= 4 is 0 Å². The van der Waals surface area contributed by atoms with E-state index in [2.05, 4.69) is 11.0 Å². The monoisotopic (exact) mass is 248 g/mol. The van der Waals surface area contributed by atoms with Crippen LogP contribution in [0.2, 0.25) is 0 Å². The molecule has 4 nitrogen and oxygen atoms in total. The second-order valence-electron chi connectivity index (χ2n) is 4.12. The molecule has 0 aliphatic rings. The normalized spacial score (nSPS) is 10.3. The number of nitrogens with zero attached hydrogens (tertiary/aromatic N) is 2. The largest absolute Gasteiger partial charge is 0.492 e. The summed E-state index contributed by atoms with van der Waals surface area (Å²) in [4.78, 5) is 2.16. The third kappa shape index (κ3) is 5.67. The molecule has 0 unspecified atom stereocenters. The summed E-state index contributed by atoms with van der Waals surface area (Å²) >= 11 is 0. The van der Waals surface area contributed by atoms with Crippen molar-refractivity contribution in [2.75, 3.05) is 40.5 Å². The van der Waals surface area contributed by atoms with Gasteiger partial charge in [-0.1, -0.05) is 12.1 Å². The maximum absolute atomic E-state index is 8.57. The molecule has 0 radical (unpaired) electrons. The Labute approximate surface area is 109 Å². The molecule has 0 heterocycles. The van der Waals surface area contributed by atoms with Gasteiger partial charge < -0.3 is 14.4 Å². The van der Waals surface area contributed by atoms with Crippen LogP contribution in [0.4, 0.5) is 0 Å². The van der Waals surface area contributed by atoms with Gasteiger partial charge in [-0.15, -0.1) is 0 Å². The first-order valence-electron chi connectivity index (χ1n) is 6.02. The molecule has 0 aromatic heterocycles. The van der Waals surface area contributed by atoms with Crippen molar-refractivity contribution in [1.29, 1.82) is 5.26 Å². The number of likely N-dealkylation sites (N-methyl/N-ethyl adjacent to an activating group) is 1. The number of rotatable bonds is 8. The van der Waals surface area contributed by atoms with Crippen molar-refractivity contribution < 1.29 is 9.47 Å². The first-order chi connectivity index (χ1) is 8.76. The molecule has 1 rings (SSSR count). The Kier molecular flexibility index (Phi) is 6.85. The molecule has 1 aromatic rings. The summed E-state index contributed by atoms with van der Waals surface area (Å²) in [6, 6.07) is 9.78. The van der Waals surface area contributed by atoms with Crippen molar-refractivity contribution in [3.63, 3.8) is 0 Å². The predicted octanol–water partition coefficient (Wildman–Crippen LogP) is 1.71. The summed E-state index contributed by atoms with van der Waals surface area (Å²) in [6.07, 6.45) is 0.444. The zero-order valence-electron chi connectivity index (χ0n) is 11.1. The fraction of sp³-hybridized carbons (Fsp3) is 0.500. The third-order valence-electron chi connectivity index (χ3n) is 2.63. The number of benzene rings is 1.